The normalized spacial score (nSPS) is 11.9. The monoisotopic (exact) mass is 497 g/mol. The molecular weight excluding hydrogens is 474 g/mol. The van der Waals surface area contributed by atoms with Crippen LogP contribution in [-0.4, -0.2) is 28.9 Å². The average molecular weight is 498 g/mol. The van der Waals surface area contributed by atoms with Crippen molar-refractivity contribution in [3.8, 4) is 5.75 Å². The number of ether oxygens (including phenoxy) is 1. The first kappa shape index (κ1) is 23.5. The van der Waals surface area contributed by atoms with Gasteiger partial charge in [-0.25, -0.2) is 16.8 Å². The average Bonchev–Trinajstić information content (AvgIpc) is 2.79. The van der Waals surface area contributed by atoms with Gasteiger partial charge in [-0.05, 0) is 61.4 Å². The number of pyridine rings is 1. The third-order valence-corrected chi connectivity index (χ3v) is 8.10. The molecule has 34 heavy (non-hydrogen) atoms. The maximum Gasteiger partial charge on any atom is 0.264 e. The van der Waals surface area contributed by atoms with Crippen molar-refractivity contribution < 1.29 is 21.6 Å². The first-order valence-corrected chi connectivity index (χ1v) is 13.2. The van der Waals surface area contributed by atoms with E-state index in [9.17, 15) is 16.8 Å². The second-order valence-corrected chi connectivity index (χ2v) is 11.0. The van der Waals surface area contributed by atoms with E-state index in [0.29, 0.717) is 22.2 Å². The minimum absolute atomic E-state index is 0.00197. The van der Waals surface area contributed by atoms with E-state index >= 15 is 0 Å². The maximum atomic E-state index is 13.2. The first-order chi connectivity index (χ1) is 16.1. The lowest BCUT2D eigenvalue weighted by Crippen LogP contribution is -2.17. The van der Waals surface area contributed by atoms with Gasteiger partial charge >= 0.3 is 0 Å². The summed E-state index contributed by atoms with van der Waals surface area (Å²) in [7, 11) is -6.64. The number of aryl methyl sites for hydroxylation is 2. The predicted molar refractivity (Wildman–Crippen MR) is 132 cm³/mol. The van der Waals surface area contributed by atoms with Gasteiger partial charge in [0.05, 0.1) is 28.9 Å². The van der Waals surface area contributed by atoms with E-state index in [1.165, 1.54) is 25.3 Å². The molecule has 3 aromatic carbocycles. The summed E-state index contributed by atoms with van der Waals surface area (Å²) in [4.78, 5) is 4.22. The van der Waals surface area contributed by atoms with E-state index < -0.39 is 20.0 Å². The number of nitrogens with zero attached hydrogens (tertiary/aromatic N) is 1. The van der Waals surface area contributed by atoms with Crippen molar-refractivity contribution in [1.82, 2.24) is 4.98 Å². The minimum Gasteiger partial charge on any atom is -0.495 e. The number of nitrogens with one attached hydrogen (secondary N) is 2. The second-order valence-electron chi connectivity index (χ2n) is 7.73. The number of benzene rings is 3. The Hall–Kier alpha value is -3.63. The van der Waals surface area contributed by atoms with Crippen molar-refractivity contribution in [1.29, 1.82) is 0 Å². The summed E-state index contributed by atoms with van der Waals surface area (Å²) in [5.41, 5.74) is 2.07. The summed E-state index contributed by atoms with van der Waals surface area (Å²) < 4.78 is 62.8. The number of para-hydroxylation sites is 3. The zero-order valence-corrected chi connectivity index (χ0v) is 20.4. The lowest BCUT2D eigenvalue weighted by Gasteiger charge is -2.15. The number of hydrogen-bond donors (Lipinski definition) is 2. The topological polar surface area (TPSA) is 114 Å². The molecule has 8 nitrogen and oxygen atoms in total. The number of fused-ring (bicyclic) bond motifs is 1. The molecule has 0 aliphatic heterocycles. The van der Waals surface area contributed by atoms with Gasteiger partial charge < -0.3 is 4.74 Å². The molecule has 4 aromatic rings. The van der Waals surface area contributed by atoms with Crippen LogP contribution in [0.5, 0.6) is 5.75 Å². The molecule has 0 aliphatic rings. The molecular formula is C24H23N3O5S2. The van der Waals surface area contributed by atoms with Crippen LogP contribution in [0.4, 0.5) is 11.4 Å². The molecule has 2 N–H and O–H groups in total. The van der Waals surface area contributed by atoms with Crippen LogP contribution in [-0.2, 0) is 20.0 Å². The molecule has 176 valence electrons. The zero-order chi connectivity index (χ0) is 24.5. The Morgan fingerprint density at radius 1 is 0.794 bits per heavy atom. The Morgan fingerprint density at radius 2 is 1.53 bits per heavy atom. The van der Waals surface area contributed by atoms with Gasteiger partial charge in [0.25, 0.3) is 20.0 Å². The summed E-state index contributed by atoms with van der Waals surface area (Å²) in [6.07, 6.45) is 1.60. The Balaban J connectivity index is 1.70. The highest BCUT2D eigenvalue weighted by atomic mass is 32.2. The molecule has 1 heterocycles. The van der Waals surface area contributed by atoms with Crippen molar-refractivity contribution in [3.05, 3.63) is 84.1 Å². The third-order valence-electron chi connectivity index (χ3n) is 5.18. The molecule has 0 saturated heterocycles. The van der Waals surface area contributed by atoms with E-state index in [1.54, 1.807) is 55.6 Å². The molecule has 10 heteroatoms. The summed E-state index contributed by atoms with van der Waals surface area (Å²) in [6, 6.07) is 17.7. The van der Waals surface area contributed by atoms with Crippen molar-refractivity contribution in [2.24, 2.45) is 0 Å². The van der Waals surface area contributed by atoms with Crippen LogP contribution in [0.1, 0.15) is 11.1 Å². The Bertz CT molecular complexity index is 1600. The molecule has 0 spiro atoms. The van der Waals surface area contributed by atoms with Gasteiger partial charge in [-0.3, -0.25) is 14.4 Å². The Morgan fingerprint density at radius 3 is 2.29 bits per heavy atom. The van der Waals surface area contributed by atoms with Crippen molar-refractivity contribution in [3.63, 3.8) is 0 Å². The highest BCUT2D eigenvalue weighted by Crippen LogP contribution is 2.29. The van der Waals surface area contributed by atoms with Crippen molar-refractivity contribution in [2.75, 3.05) is 16.6 Å². The van der Waals surface area contributed by atoms with Crippen LogP contribution in [0.25, 0.3) is 10.9 Å². The van der Waals surface area contributed by atoms with Crippen LogP contribution in [0.3, 0.4) is 0 Å². The molecule has 0 fully saturated rings. The highest BCUT2D eigenvalue weighted by Gasteiger charge is 2.22. The fraction of sp³-hybridized carbons (Fsp3) is 0.125. The first-order valence-electron chi connectivity index (χ1n) is 10.3. The van der Waals surface area contributed by atoms with Crippen LogP contribution >= 0.6 is 0 Å². The highest BCUT2D eigenvalue weighted by molar-refractivity contribution is 7.93. The Labute approximate surface area is 198 Å². The van der Waals surface area contributed by atoms with Gasteiger partial charge in [-0.1, -0.05) is 30.3 Å². The van der Waals surface area contributed by atoms with Crippen LogP contribution in [0.15, 0.2) is 82.7 Å². The minimum atomic E-state index is -4.05. The Kier molecular flexibility index (Phi) is 6.20. The molecule has 4 rings (SSSR count). The zero-order valence-electron chi connectivity index (χ0n) is 18.7. The van der Waals surface area contributed by atoms with Crippen molar-refractivity contribution >= 4 is 42.3 Å². The lowest BCUT2D eigenvalue weighted by molar-refractivity contribution is 0.417. The molecule has 0 atom stereocenters. The SMILES string of the molecule is COc1ccccc1NS(=O)(=O)c1cc(NS(=O)(=O)c2cccc3cc(C)cnc23)ccc1C. The molecule has 1 aromatic heterocycles. The quantitative estimate of drug-likeness (QED) is 0.390. The largest absolute Gasteiger partial charge is 0.495 e. The molecule has 0 amide bonds. The number of hydrogen-bond acceptors (Lipinski definition) is 6. The van der Waals surface area contributed by atoms with E-state index in [-0.39, 0.29) is 21.2 Å². The number of rotatable bonds is 7. The molecule has 0 aliphatic carbocycles. The molecule has 0 unspecified atom stereocenters. The van der Waals surface area contributed by atoms with E-state index in [4.69, 9.17) is 4.74 Å². The molecule has 0 bridgehead atoms. The van der Waals surface area contributed by atoms with Gasteiger partial charge in [-0.2, -0.15) is 0 Å². The second kappa shape index (κ2) is 8.96. The number of aromatic nitrogens is 1. The van der Waals surface area contributed by atoms with Crippen LogP contribution in [0, 0.1) is 13.8 Å². The van der Waals surface area contributed by atoms with E-state index in [0.717, 1.165) is 5.56 Å². The standard InChI is InChI=1S/C24H23N3O5S2/c1-16-13-18-7-6-10-22(24(18)25-15-16)33(28,29)26-19-12-11-17(2)23(14-19)34(30,31)27-20-8-4-5-9-21(20)32-3/h4-15,26-27H,1-3H3. The number of methoxy groups -OCH3 is 1. The van der Waals surface area contributed by atoms with Crippen LogP contribution in [0.2, 0.25) is 0 Å². The van der Waals surface area contributed by atoms with Gasteiger partial charge in [0.2, 0.25) is 0 Å². The summed E-state index contributed by atoms with van der Waals surface area (Å²) >= 11 is 0. The fourth-order valence-corrected chi connectivity index (χ4v) is 6.12. The van der Waals surface area contributed by atoms with Gasteiger partial charge in [0, 0.05) is 11.6 Å². The van der Waals surface area contributed by atoms with Gasteiger partial charge in [0.15, 0.2) is 0 Å². The van der Waals surface area contributed by atoms with E-state index in [1.807, 2.05) is 13.0 Å². The fourth-order valence-electron chi connectivity index (χ4n) is 3.55. The smallest absolute Gasteiger partial charge is 0.264 e. The molecule has 0 saturated carbocycles. The predicted octanol–water partition coefficient (Wildman–Crippen LogP) is 4.46. The summed E-state index contributed by atoms with van der Waals surface area (Å²) in [5.74, 6) is 0.360. The summed E-state index contributed by atoms with van der Waals surface area (Å²) in [6.45, 7) is 3.51. The maximum absolute atomic E-state index is 13.2. The summed E-state index contributed by atoms with van der Waals surface area (Å²) in [5, 5.41) is 0.691. The number of anilines is 2. The van der Waals surface area contributed by atoms with Crippen LogP contribution < -0.4 is 14.2 Å². The van der Waals surface area contributed by atoms with E-state index in [2.05, 4.69) is 14.4 Å². The number of sulfonamides is 2. The third kappa shape index (κ3) is 4.68. The lowest BCUT2D eigenvalue weighted by atomic mass is 10.2. The molecule has 0 radical (unpaired) electrons. The van der Waals surface area contributed by atoms with Gasteiger partial charge in [0.1, 0.15) is 10.6 Å². The van der Waals surface area contributed by atoms with Gasteiger partial charge in [-0.15, -0.1) is 0 Å². The van der Waals surface area contributed by atoms with Crippen molar-refractivity contribution in [2.45, 2.75) is 23.6 Å².